The summed E-state index contributed by atoms with van der Waals surface area (Å²) in [5, 5.41) is 21.6. The SMILES string of the molecule is N#Cc1ccc(CNCC(O)COc2ccc(C(F)(F)F)cc2)cc1. The average molecular weight is 350 g/mol. The molecule has 25 heavy (non-hydrogen) atoms. The molecule has 1 atom stereocenters. The van der Waals surface area contributed by atoms with Crippen molar-refractivity contribution in [3.63, 3.8) is 0 Å². The number of hydrogen-bond donors (Lipinski definition) is 2. The molecule has 0 saturated heterocycles. The summed E-state index contributed by atoms with van der Waals surface area (Å²) in [6, 6.07) is 13.4. The van der Waals surface area contributed by atoms with Gasteiger partial charge in [-0.2, -0.15) is 18.4 Å². The Balaban J connectivity index is 1.71. The highest BCUT2D eigenvalue weighted by molar-refractivity contribution is 5.31. The molecular formula is C18H17F3N2O2. The van der Waals surface area contributed by atoms with Crippen LogP contribution in [0.5, 0.6) is 5.75 Å². The number of nitrogens with zero attached hydrogens (tertiary/aromatic N) is 1. The van der Waals surface area contributed by atoms with E-state index in [2.05, 4.69) is 5.32 Å². The Labute approximate surface area is 143 Å². The lowest BCUT2D eigenvalue weighted by molar-refractivity contribution is -0.137. The van der Waals surface area contributed by atoms with Crippen LogP contribution in [0.3, 0.4) is 0 Å². The first-order valence-electron chi connectivity index (χ1n) is 7.56. The summed E-state index contributed by atoms with van der Waals surface area (Å²) in [7, 11) is 0. The minimum Gasteiger partial charge on any atom is -0.491 e. The lowest BCUT2D eigenvalue weighted by Crippen LogP contribution is -2.31. The number of hydrogen-bond acceptors (Lipinski definition) is 4. The number of nitrogens with one attached hydrogen (secondary N) is 1. The van der Waals surface area contributed by atoms with E-state index >= 15 is 0 Å². The van der Waals surface area contributed by atoms with Crippen LogP contribution in [0.25, 0.3) is 0 Å². The fraction of sp³-hybridized carbons (Fsp3) is 0.278. The maximum Gasteiger partial charge on any atom is 0.416 e. The number of aliphatic hydroxyl groups is 1. The molecule has 2 aromatic carbocycles. The van der Waals surface area contributed by atoms with Crippen LogP contribution in [-0.4, -0.2) is 24.4 Å². The lowest BCUT2D eigenvalue weighted by atomic mass is 10.1. The molecule has 0 fully saturated rings. The van der Waals surface area contributed by atoms with Crippen molar-refractivity contribution in [2.75, 3.05) is 13.2 Å². The van der Waals surface area contributed by atoms with E-state index in [1.165, 1.54) is 12.1 Å². The zero-order valence-electron chi connectivity index (χ0n) is 13.3. The van der Waals surface area contributed by atoms with Crippen molar-refractivity contribution in [1.82, 2.24) is 5.32 Å². The first-order valence-corrected chi connectivity index (χ1v) is 7.56. The predicted octanol–water partition coefficient (Wildman–Crippen LogP) is 3.11. The normalized spacial score (nSPS) is 12.4. The van der Waals surface area contributed by atoms with Gasteiger partial charge in [-0.1, -0.05) is 12.1 Å². The van der Waals surface area contributed by atoms with Crippen molar-refractivity contribution in [2.24, 2.45) is 0 Å². The molecule has 0 aliphatic rings. The lowest BCUT2D eigenvalue weighted by Gasteiger charge is -2.14. The average Bonchev–Trinajstić information content (AvgIpc) is 2.60. The van der Waals surface area contributed by atoms with Gasteiger partial charge in [0.05, 0.1) is 17.2 Å². The number of rotatable bonds is 7. The summed E-state index contributed by atoms with van der Waals surface area (Å²) in [5.74, 6) is 0.263. The number of aliphatic hydroxyl groups excluding tert-OH is 1. The molecule has 0 radical (unpaired) electrons. The van der Waals surface area contributed by atoms with E-state index in [1.54, 1.807) is 12.1 Å². The highest BCUT2D eigenvalue weighted by Gasteiger charge is 2.30. The molecule has 0 saturated carbocycles. The molecule has 2 N–H and O–H groups in total. The van der Waals surface area contributed by atoms with E-state index in [4.69, 9.17) is 10.00 Å². The van der Waals surface area contributed by atoms with E-state index in [0.29, 0.717) is 12.1 Å². The largest absolute Gasteiger partial charge is 0.491 e. The van der Waals surface area contributed by atoms with E-state index in [0.717, 1.165) is 17.7 Å². The van der Waals surface area contributed by atoms with E-state index in [1.807, 2.05) is 18.2 Å². The van der Waals surface area contributed by atoms with Crippen LogP contribution in [0.4, 0.5) is 13.2 Å². The Kier molecular flexibility index (Phi) is 6.39. The second kappa shape index (κ2) is 8.51. The van der Waals surface area contributed by atoms with Crippen molar-refractivity contribution in [2.45, 2.75) is 18.8 Å². The standard InChI is InChI=1S/C18H17F3N2O2/c19-18(20,21)15-5-7-17(8-6-15)25-12-16(24)11-23-10-14-3-1-13(9-22)2-4-14/h1-8,16,23-24H,10-12H2. The molecule has 4 nitrogen and oxygen atoms in total. The van der Waals surface area contributed by atoms with Gasteiger partial charge in [0.1, 0.15) is 18.5 Å². The minimum atomic E-state index is -4.38. The monoisotopic (exact) mass is 350 g/mol. The predicted molar refractivity (Wildman–Crippen MR) is 85.8 cm³/mol. The number of alkyl halides is 3. The van der Waals surface area contributed by atoms with Gasteiger partial charge in [-0.15, -0.1) is 0 Å². The quantitative estimate of drug-likeness (QED) is 0.805. The van der Waals surface area contributed by atoms with Gasteiger partial charge in [-0.05, 0) is 42.0 Å². The molecule has 2 rings (SSSR count). The van der Waals surface area contributed by atoms with Crippen LogP contribution in [0.2, 0.25) is 0 Å². The van der Waals surface area contributed by atoms with E-state index < -0.39 is 17.8 Å². The van der Waals surface area contributed by atoms with Gasteiger partial charge in [0, 0.05) is 13.1 Å². The second-order valence-electron chi connectivity index (χ2n) is 5.43. The van der Waals surface area contributed by atoms with Crippen molar-refractivity contribution >= 4 is 0 Å². The van der Waals surface area contributed by atoms with Gasteiger partial charge in [-0.25, -0.2) is 0 Å². The summed E-state index contributed by atoms with van der Waals surface area (Å²) in [6.45, 7) is 0.745. The van der Waals surface area contributed by atoms with Gasteiger partial charge in [0.2, 0.25) is 0 Å². The smallest absolute Gasteiger partial charge is 0.416 e. The van der Waals surface area contributed by atoms with Crippen molar-refractivity contribution in [3.8, 4) is 11.8 Å². The van der Waals surface area contributed by atoms with Gasteiger partial charge < -0.3 is 15.2 Å². The molecule has 132 valence electrons. The molecule has 2 aromatic rings. The first-order chi connectivity index (χ1) is 11.9. The number of halogens is 3. The maximum atomic E-state index is 12.5. The molecule has 0 aromatic heterocycles. The fourth-order valence-electron chi connectivity index (χ4n) is 2.07. The number of ether oxygens (including phenoxy) is 1. The van der Waals surface area contributed by atoms with Crippen LogP contribution in [0.1, 0.15) is 16.7 Å². The van der Waals surface area contributed by atoms with Crippen LogP contribution in [-0.2, 0) is 12.7 Å². The molecule has 7 heteroatoms. The van der Waals surface area contributed by atoms with Crippen molar-refractivity contribution in [3.05, 3.63) is 65.2 Å². The Hall–Kier alpha value is -2.56. The summed E-state index contributed by atoms with van der Waals surface area (Å²) in [6.07, 6.45) is -5.19. The Bertz CT molecular complexity index is 707. The topological polar surface area (TPSA) is 65.3 Å². The van der Waals surface area contributed by atoms with Crippen LogP contribution < -0.4 is 10.1 Å². The third-order valence-corrected chi connectivity index (χ3v) is 3.42. The molecule has 0 heterocycles. The Morgan fingerprint density at radius 1 is 1.08 bits per heavy atom. The van der Waals surface area contributed by atoms with Crippen molar-refractivity contribution in [1.29, 1.82) is 5.26 Å². The van der Waals surface area contributed by atoms with Crippen LogP contribution >= 0.6 is 0 Å². The number of nitriles is 1. The van der Waals surface area contributed by atoms with Crippen molar-refractivity contribution < 1.29 is 23.0 Å². The minimum absolute atomic E-state index is 0.0360. The Morgan fingerprint density at radius 3 is 2.28 bits per heavy atom. The van der Waals surface area contributed by atoms with Crippen LogP contribution in [0, 0.1) is 11.3 Å². The molecule has 0 amide bonds. The first kappa shape index (κ1) is 18.8. The molecule has 0 aliphatic carbocycles. The maximum absolute atomic E-state index is 12.5. The van der Waals surface area contributed by atoms with E-state index in [9.17, 15) is 18.3 Å². The number of benzene rings is 2. The van der Waals surface area contributed by atoms with Crippen LogP contribution in [0.15, 0.2) is 48.5 Å². The highest BCUT2D eigenvalue weighted by atomic mass is 19.4. The van der Waals surface area contributed by atoms with Gasteiger partial charge in [0.15, 0.2) is 0 Å². The molecule has 0 aliphatic heterocycles. The summed E-state index contributed by atoms with van der Waals surface area (Å²) in [4.78, 5) is 0. The van der Waals surface area contributed by atoms with Gasteiger partial charge in [0.25, 0.3) is 0 Å². The van der Waals surface area contributed by atoms with Gasteiger partial charge >= 0.3 is 6.18 Å². The fourth-order valence-corrected chi connectivity index (χ4v) is 2.07. The molecule has 0 bridgehead atoms. The third-order valence-electron chi connectivity index (χ3n) is 3.42. The Morgan fingerprint density at radius 2 is 1.72 bits per heavy atom. The third kappa shape index (κ3) is 6.10. The zero-order chi connectivity index (χ0) is 18.3. The summed E-state index contributed by atoms with van der Waals surface area (Å²) in [5.41, 5.74) is 0.799. The molecule has 1 unspecified atom stereocenters. The zero-order valence-corrected chi connectivity index (χ0v) is 13.3. The van der Waals surface area contributed by atoms with Gasteiger partial charge in [-0.3, -0.25) is 0 Å². The summed E-state index contributed by atoms with van der Waals surface area (Å²) >= 11 is 0. The highest BCUT2D eigenvalue weighted by Crippen LogP contribution is 2.30. The molecular weight excluding hydrogens is 333 g/mol. The molecule has 0 spiro atoms. The summed E-state index contributed by atoms with van der Waals surface area (Å²) < 4.78 is 42.6. The second-order valence-corrected chi connectivity index (χ2v) is 5.43. The van der Waals surface area contributed by atoms with E-state index in [-0.39, 0.29) is 18.9 Å².